The molecule has 11 heavy (non-hydrogen) atoms. The molecule has 2 atom stereocenters. The largest absolute Gasteiger partial charge is 0.299 e. The molecule has 1 fully saturated rings. The Morgan fingerprint density at radius 2 is 2.09 bits per heavy atom. The molecule has 0 aromatic heterocycles. The molecule has 62 valence electrons. The molecule has 2 nitrogen and oxygen atoms in total. The van der Waals surface area contributed by atoms with Gasteiger partial charge in [0.25, 0.3) is 0 Å². The summed E-state index contributed by atoms with van der Waals surface area (Å²) in [4.78, 5) is 2.37. The van der Waals surface area contributed by atoms with Crippen LogP contribution in [-0.2, 0) is 0 Å². The van der Waals surface area contributed by atoms with Gasteiger partial charge in [0.2, 0.25) is 0 Å². The van der Waals surface area contributed by atoms with Gasteiger partial charge in [0.15, 0.2) is 0 Å². The van der Waals surface area contributed by atoms with E-state index in [0.717, 1.165) is 13.1 Å². The van der Waals surface area contributed by atoms with Crippen molar-refractivity contribution in [3.05, 3.63) is 0 Å². The first-order valence-corrected chi connectivity index (χ1v) is 4.28. The normalized spacial score (nSPS) is 32.6. The number of hydrogen-bond acceptors (Lipinski definition) is 2. The molecule has 0 spiro atoms. The van der Waals surface area contributed by atoms with Crippen LogP contribution in [0.4, 0.5) is 0 Å². The average molecular weight is 152 g/mol. The molecule has 0 saturated carbocycles. The summed E-state index contributed by atoms with van der Waals surface area (Å²) in [5, 5.41) is 8.76. The number of rotatable bonds is 1. The maximum atomic E-state index is 8.76. The van der Waals surface area contributed by atoms with Crippen molar-refractivity contribution < 1.29 is 0 Å². The quantitative estimate of drug-likeness (QED) is 0.569. The van der Waals surface area contributed by atoms with Gasteiger partial charge in [0.1, 0.15) is 0 Å². The van der Waals surface area contributed by atoms with Crippen LogP contribution < -0.4 is 0 Å². The second-order valence-electron chi connectivity index (χ2n) is 3.76. The molecule has 1 aliphatic rings. The van der Waals surface area contributed by atoms with E-state index < -0.39 is 0 Å². The maximum Gasteiger partial charge on any atom is 0.0672 e. The Kier molecular flexibility index (Phi) is 2.51. The number of hydrogen-bond donors (Lipinski definition) is 0. The van der Waals surface area contributed by atoms with Gasteiger partial charge < -0.3 is 0 Å². The van der Waals surface area contributed by atoms with Crippen molar-refractivity contribution >= 4 is 0 Å². The Morgan fingerprint density at radius 1 is 1.45 bits per heavy atom. The fourth-order valence-corrected chi connectivity index (χ4v) is 1.59. The summed E-state index contributed by atoms with van der Waals surface area (Å²) < 4.78 is 0. The van der Waals surface area contributed by atoms with Gasteiger partial charge in [-0.25, -0.2) is 0 Å². The van der Waals surface area contributed by atoms with Gasteiger partial charge >= 0.3 is 0 Å². The van der Waals surface area contributed by atoms with Crippen molar-refractivity contribution in [2.45, 2.75) is 26.8 Å². The zero-order valence-electron chi connectivity index (χ0n) is 7.54. The average Bonchev–Trinajstić information content (AvgIpc) is 2.31. The highest BCUT2D eigenvalue weighted by Crippen LogP contribution is 2.23. The fourth-order valence-electron chi connectivity index (χ4n) is 1.59. The first-order valence-electron chi connectivity index (χ1n) is 4.28. The van der Waals surface area contributed by atoms with Crippen LogP contribution in [-0.4, -0.2) is 24.0 Å². The van der Waals surface area contributed by atoms with Crippen molar-refractivity contribution in [1.82, 2.24) is 4.90 Å². The van der Waals surface area contributed by atoms with Gasteiger partial charge in [-0.05, 0) is 19.8 Å². The first kappa shape index (κ1) is 8.55. The Morgan fingerprint density at radius 3 is 2.36 bits per heavy atom. The Balaban J connectivity index is 2.51. The Bertz CT molecular complexity index is 169. The summed E-state index contributed by atoms with van der Waals surface area (Å²) in [7, 11) is 0. The van der Waals surface area contributed by atoms with Gasteiger partial charge in [-0.3, -0.25) is 4.90 Å². The molecule has 0 unspecified atom stereocenters. The summed E-state index contributed by atoms with van der Waals surface area (Å²) in [5.74, 6) is 0.819. The molecule has 1 heterocycles. The van der Waals surface area contributed by atoms with E-state index in [9.17, 15) is 0 Å². The van der Waals surface area contributed by atoms with E-state index in [-0.39, 0.29) is 5.92 Å². The summed E-state index contributed by atoms with van der Waals surface area (Å²) in [6.45, 7) is 8.60. The molecule has 0 aromatic carbocycles. The summed E-state index contributed by atoms with van der Waals surface area (Å²) in [6.07, 6.45) is 0. The van der Waals surface area contributed by atoms with Gasteiger partial charge in [0.05, 0.1) is 12.0 Å². The maximum absolute atomic E-state index is 8.76. The van der Waals surface area contributed by atoms with Gasteiger partial charge in [-0.2, -0.15) is 5.26 Å². The lowest BCUT2D eigenvalue weighted by atomic mass is 10.0. The number of nitrogens with zero attached hydrogens (tertiary/aromatic N) is 2. The predicted molar refractivity (Wildman–Crippen MR) is 45.0 cm³/mol. The van der Waals surface area contributed by atoms with Crippen molar-refractivity contribution in [3.8, 4) is 6.07 Å². The monoisotopic (exact) mass is 152 g/mol. The molecule has 0 aliphatic carbocycles. The second kappa shape index (κ2) is 3.23. The molecule has 1 rings (SSSR count). The number of nitriles is 1. The standard InChI is InChI=1S/C9H16N2/c1-7(2)11-5-8(3)9(4-10)6-11/h7-9H,5-6H2,1-3H3/t8-,9+/m1/s1. The smallest absolute Gasteiger partial charge is 0.0672 e. The van der Waals surface area contributed by atoms with E-state index >= 15 is 0 Å². The van der Waals surface area contributed by atoms with Gasteiger partial charge in [-0.1, -0.05) is 6.92 Å². The molecule has 1 saturated heterocycles. The lowest BCUT2D eigenvalue weighted by Crippen LogP contribution is -2.28. The van der Waals surface area contributed by atoms with E-state index in [1.807, 2.05) is 0 Å². The van der Waals surface area contributed by atoms with Crippen molar-refractivity contribution in [2.24, 2.45) is 11.8 Å². The van der Waals surface area contributed by atoms with Crippen LogP contribution in [0.3, 0.4) is 0 Å². The molecule has 0 radical (unpaired) electrons. The van der Waals surface area contributed by atoms with E-state index in [4.69, 9.17) is 5.26 Å². The second-order valence-corrected chi connectivity index (χ2v) is 3.76. The van der Waals surface area contributed by atoms with E-state index in [0.29, 0.717) is 12.0 Å². The third-order valence-electron chi connectivity index (χ3n) is 2.54. The molecule has 2 heteroatoms. The van der Waals surface area contributed by atoms with Crippen molar-refractivity contribution in [3.63, 3.8) is 0 Å². The number of likely N-dealkylation sites (tertiary alicyclic amines) is 1. The Hall–Kier alpha value is -0.550. The minimum absolute atomic E-state index is 0.261. The summed E-state index contributed by atoms with van der Waals surface area (Å²) >= 11 is 0. The van der Waals surface area contributed by atoms with Crippen LogP contribution >= 0.6 is 0 Å². The van der Waals surface area contributed by atoms with Crippen LogP contribution in [0.2, 0.25) is 0 Å². The highest BCUT2D eigenvalue weighted by Gasteiger charge is 2.30. The van der Waals surface area contributed by atoms with E-state index in [1.54, 1.807) is 0 Å². The lowest BCUT2D eigenvalue weighted by Gasteiger charge is -2.19. The minimum atomic E-state index is 0.261. The van der Waals surface area contributed by atoms with Crippen LogP contribution in [0, 0.1) is 23.2 Å². The molecule has 0 bridgehead atoms. The van der Waals surface area contributed by atoms with Crippen LogP contribution in [0.25, 0.3) is 0 Å². The van der Waals surface area contributed by atoms with Crippen LogP contribution in [0.5, 0.6) is 0 Å². The summed E-state index contributed by atoms with van der Waals surface area (Å²) in [6, 6.07) is 2.95. The van der Waals surface area contributed by atoms with Crippen LogP contribution in [0.15, 0.2) is 0 Å². The highest BCUT2D eigenvalue weighted by molar-refractivity contribution is 4.95. The van der Waals surface area contributed by atoms with E-state index in [1.165, 1.54) is 0 Å². The van der Waals surface area contributed by atoms with Gasteiger partial charge in [0, 0.05) is 19.1 Å². The van der Waals surface area contributed by atoms with Crippen molar-refractivity contribution in [2.75, 3.05) is 13.1 Å². The van der Waals surface area contributed by atoms with Gasteiger partial charge in [-0.15, -0.1) is 0 Å². The highest BCUT2D eigenvalue weighted by atomic mass is 15.2. The van der Waals surface area contributed by atoms with Crippen molar-refractivity contribution in [1.29, 1.82) is 5.26 Å². The minimum Gasteiger partial charge on any atom is -0.299 e. The lowest BCUT2D eigenvalue weighted by molar-refractivity contribution is 0.265. The SMILES string of the molecule is CC(C)N1C[C@@H](C)[C@@H](C#N)C1. The molecule has 1 aliphatic heterocycles. The summed E-state index contributed by atoms with van der Waals surface area (Å²) in [5.41, 5.74) is 0. The fraction of sp³-hybridized carbons (Fsp3) is 0.889. The third kappa shape index (κ3) is 1.72. The predicted octanol–water partition coefficient (Wildman–Crippen LogP) is 1.49. The zero-order valence-corrected chi connectivity index (χ0v) is 7.54. The Labute approximate surface area is 68.8 Å². The molecule has 0 N–H and O–H groups in total. The third-order valence-corrected chi connectivity index (χ3v) is 2.54. The first-order chi connectivity index (χ1) is 5.15. The molecule has 0 amide bonds. The topological polar surface area (TPSA) is 27.0 Å². The zero-order chi connectivity index (χ0) is 8.43. The van der Waals surface area contributed by atoms with Crippen LogP contribution in [0.1, 0.15) is 20.8 Å². The molecular formula is C9H16N2. The molecular weight excluding hydrogens is 136 g/mol. The van der Waals surface area contributed by atoms with E-state index in [2.05, 4.69) is 31.7 Å². The molecule has 0 aromatic rings.